The molecule has 0 saturated carbocycles. The summed E-state index contributed by atoms with van der Waals surface area (Å²) >= 11 is 0. The highest BCUT2D eigenvalue weighted by Gasteiger charge is 2.07. The van der Waals surface area contributed by atoms with Crippen molar-refractivity contribution in [3.05, 3.63) is 11.9 Å². The summed E-state index contributed by atoms with van der Waals surface area (Å²) in [5, 5.41) is 10.5. The molecule has 0 aliphatic carbocycles. The number of methoxy groups -OCH3 is 1. The molecule has 7 heteroatoms. The second-order valence-corrected chi connectivity index (χ2v) is 2.35. The van der Waals surface area contributed by atoms with Crippen LogP contribution in [0.5, 0.6) is 5.88 Å². The van der Waals surface area contributed by atoms with Crippen molar-refractivity contribution >= 4 is 11.9 Å². The molecule has 4 N–H and O–H groups in total. The Kier molecular flexibility index (Phi) is 3.19. The minimum absolute atomic E-state index is 0.103. The Morgan fingerprint density at radius 3 is 3.00 bits per heavy atom. The normalized spacial score (nSPS) is 9.57. The third kappa shape index (κ3) is 2.30. The zero-order chi connectivity index (χ0) is 10.6. The number of aromatic nitrogens is 2. The fraction of sp³-hybridized carbons (Fsp3) is 0.286. The van der Waals surface area contributed by atoms with Crippen molar-refractivity contribution in [2.75, 3.05) is 12.4 Å². The number of amides is 1. The minimum Gasteiger partial charge on any atom is -0.480 e. The molecule has 0 spiro atoms. The summed E-state index contributed by atoms with van der Waals surface area (Å²) in [5.74, 6) is 0.324. The van der Waals surface area contributed by atoms with Crippen LogP contribution in [0.4, 0.5) is 10.6 Å². The largest absolute Gasteiger partial charge is 0.480 e. The maximum absolute atomic E-state index is 10.3. The predicted molar refractivity (Wildman–Crippen MR) is 48.1 cm³/mol. The Balaban J connectivity index is 2.95. The summed E-state index contributed by atoms with van der Waals surface area (Å²) in [6.45, 7) is 0.184. The number of hydrogen-bond donors (Lipinski definition) is 3. The van der Waals surface area contributed by atoms with Gasteiger partial charge in [-0.3, -0.25) is 10.3 Å². The zero-order valence-electron chi connectivity index (χ0n) is 7.52. The first-order valence-electron chi connectivity index (χ1n) is 3.77. The van der Waals surface area contributed by atoms with Gasteiger partial charge in [0.1, 0.15) is 5.69 Å². The number of rotatable bonds is 3. The van der Waals surface area contributed by atoms with E-state index in [0.29, 0.717) is 5.69 Å². The smallest absolute Gasteiger partial charge is 0.410 e. The van der Waals surface area contributed by atoms with Crippen LogP contribution >= 0.6 is 0 Å². The maximum Gasteiger partial charge on any atom is 0.410 e. The lowest BCUT2D eigenvalue weighted by molar-refractivity contribution is 0.209. The van der Waals surface area contributed by atoms with Crippen molar-refractivity contribution in [3.63, 3.8) is 0 Å². The molecule has 1 amide bonds. The summed E-state index contributed by atoms with van der Waals surface area (Å²) < 4.78 is 4.87. The van der Waals surface area contributed by atoms with Gasteiger partial charge < -0.3 is 15.6 Å². The SMILES string of the molecule is COc1nc(NC(=O)O)cnc1CN. The highest BCUT2D eigenvalue weighted by molar-refractivity contribution is 5.81. The molecule has 1 rings (SSSR count). The Labute approximate surface area is 79.9 Å². The molecular weight excluding hydrogens is 188 g/mol. The first-order valence-corrected chi connectivity index (χ1v) is 3.77. The molecule has 0 radical (unpaired) electrons. The predicted octanol–water partition coefficient (Wildman–Crippen LogP) is 0.0338. The summed E-state index contributed by atoms with van der Waals surface area (Å²) in [4.78, 5) is 18.0. The number of carbonyl (C=O) groups is 1. The number of carboxylic acid groups (broad SMARTS) is 1. The van der Waals surface area contributed by atoms with Gasteiger partial charge in [-0.25, -0.2) is 4.79 Å². The maximum atomic E-state index is 10.3. The molecule has 0 aromatic carbocycles. The summed E-state index contributed by atoms with van der Waals surface area (Å²) in [6.07, 6.45) is 0.0700. The second kappa shape index (κ2) is 4.38. The van der Waals surface area contributed by atoms with Crippen molar-refractivity contribution in [1.29, 1.82) is 0 Å². The van der Waals surface area contributed by atoms with Gasteiger partial charge in [0.2, 0.25) is 5.88 Å². The van der Waals surface area contributed by atoms with Crippen LogP contribution in [0.1, 0.15) is 5.69 Å². The molecule has 76 valence electrons. The molecule has 7 nitrogen and oxygen atoms in total. The van der Waals surface area contributed by atoms with E-state index in [1.807, 2.05) is 0 Å². The van der Waals surface area contributed by atoms with E-state index in [1.54, 1.807) is 0 Å². The van der Waals surface area contributed by atoms with Crippen molar-refractivity contribution in [3.8, 4) is 5.88 Å². The lowest BCUT2D eigenvalue weighted by Gasteiger charge is -2.06. The van der Waals surface area contributed by atoms with Gasteiger partial charge in [0.15, 0.2) is 5.82 Å². The molecule has 14 heavy (non-hydrogen) atoms. The Hall–Kier alpha value is -1.89. The van der Waals surface area contributed by atoms with Crippen LogP contribution in [-0.2, 0) is 6.54 Å². The monoisotopic (exact) mass is 198 g/mol. The van der Waals surface area contributed by atoms with Gasteiger partial charge in [-0.05, 0) is 0 Å². The first kappa shape index (κ1) is 10.2. The first-order chi connectivity index (χ1) is 6.67. The Morgan fingerprint density at radius 1 is 1.79 bits per heavy atom. The minimum atomic E-state index is -1.21. The number of hydrogen-bond acceptors (Lipinski definition) is 5. The van der Waals surface area contributed by atoms with E-state index in [2.05, 4.69) is 15.3 Å². The van der Waals surface area contributed by atoms with Crippen molar-refractivity contribution < 1.29 is 14.6 Å². The van der Waals surface area contributed by atoms with E-state index in [0.717, 1.165) is 0 Å². The van der Waals surface area contributed by atoms with Gasteiger partial charge >= 0.3 is 6.09 Å². The van der Waals surface area contributed by atoms with Crippen LogP contribution in [0.25, 0.3) is 0 Å². The van der Waals surface area contributed by atoms with E-state index in [1.165, 1.54) is 13.3 Å². The van der Waals surface area contributed by atoms with Gasteiger partial charge in [0.05, 0.1) is 13.3 Å². The highest BCUT2D eigenvalue weighted by atomic mass is 16.5. The van der Waals surface area contributed by atoms with E-state index < -0.39 is 6.09 Å². The van der Waals surface area contributed by atoms with E-state index >= 15 is 0 Å². The van der Waals surface area contributed by atoms with E-state index in [4.69, 9.17) is 15.6 Å². The van der Waals surface area contributed by atoms with Crippen LogP contribution in [0.2, 0.25) is 0 Å². The summed E-state index contributed by atoms with van der Waals surface area (Å²) in [6, 6.07) is 0. The van der Waals surface area contributed by atoms with E-state index in [-0.39, 0.29) is 18.2 Å². The second-order valence-electron chi connectivity index (χ2n) is 2.35. The third-order valence-corrected chi connectivity index (χ3v) is 1.43. The Morgan fingerprint density at radius 2 is 2.50 bits per heavy atom. The van der Waals surface area contributed by atoms with Crippen molar-refractivity contribution in [2.45, 2.75) is 6.54 Å². The van der Waals surface area contributed by atoms with E-state index in [9.17, 15) is 4.79 Å². The molecule has 0 atom stereocenters. The topological polar surface area (TPSA) is 110 Å². The van der Waals surface area contributed by atoms with Gasteiger partial charge in [0.25, 0.3) is 0 Å². The standard InChI is InChI=1S/C7H10N4O3/c1-14-6-4(2-8)9-3-5(10-6)11-7(12)13/h3H,2,8H2,1H3,(H,10,11)(H,12,13). The summed E-state index contributed by atoms with van der Waals surface area (Å²) in [5.41, 5.74) is 5.83. The van der Waals surface area contributed by atoms with Crippen LogP contribution < -0.4 is 15.8 Å². The molecule has 0 fully saturated rings. The molecular formula is C7H10N4O3. The van der Waals surface area contributed by atoms with Gasteiger partial charge in [-0.15, -0.1) is 0 Å². The fourth-order valence-electron chi connectivity index (χ4n) is 0.870. The third-order valence-electron chi connectivity index (χ3n) is 1.43. The molecule has 1 heterocycles. The van der Waals surface area contributed by atoms with Gasteiger partial charge in [-0.2, -0.15) is 4.98 Å². The lowest BCUT2D eigenvalue weighted by atomic mass is 10.4. The van der Waals surface area contributed by atoms with Crippen molar-refractivity contribution in [1.82, 2.24) is 9.97 Å². The van der Waals surface area contributed by atoms with Gasteiger partial charge in [-0.1, -0.05) is 0 Å². The van der Waals surface area contributed by atoms with Gasteiger partial charge in [0, 0.05) is 6.54 Å². The average molecular weight is 198 g/mol. The molecule has 0 saturated heterocycles. The van der Waals surface area contributed by atoms with Crippen LogP contribution in [0.15, 0.2) is 6.20 Å². The Bertz CT molecular complexity index is 342. The lowest BCUT2D eigenvalue weighted by Crippen LogP contribution is -2.11. The highest BCUT2D eigenvalue weighted by Crippen LogP contribution is 2.14. The average Bonchev–Trinajstić information content (AvgIpc) is 2.16. The van der Waals surface area contributed by atoms with Crippen molar-refractivity contribution in [2.24, 2.45) is 5.73 Å². The van der Waals surface area contributed by atoms with Crippen LogP contribution in [0.3, 0.4) is 0 Å². The molecule has 0 aliphatic rings. The number of nitrogens with zero attached hydrogens (tertiary/aromatic N) is 2. The number of ether oxygens (including phenoxy) is 1. The molecule has 0 aliphatic heterocycles. The van der Waals surface area contributed by atoms with Crippen LogP contribution in [-0.4, -0.2) is 28.3 Å². The number of anilines is 1. The number of nitrogens with two attached hydrogens (primary N) is 1. The zero-order valence-corrected chi connectivity index (χ0v) is 7.52. The molecule has 1 aromatic rings. The molecule has 1 aromatic heterocycles. The number of nitrogens with one attached hydrogen (secondary N) is 1. The summed E-state index contributed by atoms with van der Waals surface area (Å²) in [7, 11) is 1.41. The molecule has 0 bridgehead atoms. The van der Waals surface area contributed by atoms with Crippen LogP contribution in [0, 0.1) is 0 Å². The molecule has 0 unspecified atom stereocenters. The fourth-order valence-corrected chi connectivity index (χ4v) is 0.870. The quantitative estimate of drug-likeness (QED) is 0.632.